The maximum atomic E-state index is 6.04. The second-order valence-electron chi connectivity index (χ2n) is 5.05. The van der Waals surface area contributed by atoms with E-state index in [0.717, 1.165) is 61.2 Å². The van der Waals surface area contributed by atoms with Gasteiger partial charge in [-0.05, 0) is 13.0 Å². The van der Waals surface area contributed by atoms with E-state index in [9.17, 15) is 0 Å². The topological polar surface area (TPSA) is 64.3 Å². The van der Waals surface area contributed by atoms with Gasteiger partial charge in [0.2, 0.25) is 0 Å². The quantitative estimate of drug-likeness (QED) is 0.907. The van der Waals surface area contributed by atoms with Crippen LogP contribution in [0, 0.1) is 0 Å². The molecule has 2 aliphatic heterocycles. The number of thioether (sulfide) groups is 1. The second-order valence-corrected chi connectivity index (χ2v) is 6.03. The smallest absolute Gasteiger partial charge is 0.161 e. The van der Waals surface area contributed by atoms with Crippen LogP contribution in [-0.2, 0) is 16.2 Å². The van der Waals surface area contributed by atoms with Gasteiger partial charge in [0.25, 0.3) is 0 Å². The third-order valence-electron chi connectivity index (χ3n) is 3.61. The molecule has 0 bridgehead atoms. The van der Waals surface area contributed by atoms with Gasteiger partial charge in [0.15, 0.2) is 5.82 Å². The molecule has 5 nitrogen and oxygen atoms in total. The van der Waals surface area contributed by atoms with E-state index < -0.39 is 0 Å². The zero-order chi connectivity index (χ0) is 13.2. The van der Waals surface area contributed by atoms with E-state index in [1.807, 2.05) is 11.8 Å². The summed E-state index contributed by atoms with van der Waals surface area (Å²) in [5.74, 6) is 3.29. The Labute approximate surface area is 117 Å². The van der Waals surface area contributed by atoms with Gasteiger partial charge < -0.3 is 10.5 Å². The zero-order valence-corrected chi connectivity index (χ0v) is 12.1. The van der Waals surface area contributed by atoms with Gasteiger partial charge in [-0.3, -0.25) is 4.90 Å². The van der Waals surface area contributed by atoms with E-state index >= 15 is 0 Å². The van der Waals surface area contributed by atoms with Crippen LogP contribution < -0.4 is 5.73 Å². The molecule has 2 N–H and O–H groups in total. The number of nitrogen functional groups attached to an aromatic ring is 1. The molecule has 104 valence electrons. The number of ether oxygens (including phenoxy) is 1. The van der Waals surface area contributed by atoms with Gasteiger partial charge in [-0.15, -0.1) is 0 Å². The normalized spacial score (nSPS) is 23.5. The number of hydrogen-bond donors (Lipinski definition) is 1. The first-order chi connectivity index (χ1) is 9.28. The first kappa shape index (κ1) is 13.1. The van der Waals surface area contributed by atoms with Crippen molar-refractivity contribution in [2.45, 2.75) is 31.0 Å². The molecule has 1 unspecified atom stereocenters. The average molecular weight is 280 g/mol. The molecule has 19 heavy (non-hydrogen) atoms. The lowest BCUT2D eigenvalue weighted by Crippen LogP contribution is -2.39. The van der Waals surface area contributed by atoms with Crippen LogP contribution in [0.3, 0.4) is 0 Å². The van der Waals surface area contributed by atoms with Crippen LogP contribution in [0.1, 0.15) is 36.5 Å². The molecule has 1 aromatic heterocycles. The fraction of sp³-hybridized carbons (Fsp3) is 0.692. The first-order valence-electron chi connectivity index (χ1n) is 6.84. The Morgan fingerprint density at radius 2 is 2.32 bits per heavy atom. The fourth-order valence-electron chi connectivity index (χ4n) is 2.62. The van der Waals surface area contributed by atoms with Gasteiger partial charge in [-0.1, -0.05) is 6.92 Å². The molecule has 0 saturated carbocycles. The van der Waals surface area contributed by atoms with Crippen LogP contribution in [0.4, 0.5) is 5.82 Å². The Hall–Kier alpha value is -0.850. The summed E-state index contributed by atoms with van der Waals surface area (Å²) in [6.45, 7) is 5.93. The van der Waals surface area contributed by atoms with Crippen molar-refractivity contribution in [1.29, 1.82) is 0 Å². The Morgan fingerprint density at radius 3 is 3.16 bits per heavy atom. The SMILES string of the molecule is CCCN1CCOC(c2nc(N)c3c(n2)CSC3)C1. The highest BCUT2D eigenvalue weighted by molar-refractivity contribution is 7.98. The molecule has 1 fully saturated rings. The lowest BCUT2D eigenvalue weighted by molar-refractivity contribution is -0.0342. The molecule has 0 aliphatic carbocycles. The summed E-state index contributed by atoms with van der Waals surface area (Å²) in [4.78, 5) is 11.5. The Kier molecular flexibility index (Phi) is 3.91. The van der Waals surface area contributed by atoms with E-state index in [1.54, 1.807) is 0 Å². The van der Waals surface area contributed by atoms with Crippen LogP contribution in [0.5, 0.6) is 0 Å². The highest BCUT2D eigenvalue weighted by Crippen LogP contribution is 2.33. The molecule has 1 saturated heterocycles. The van der Waals surface area contributed by atoms with Crippen molar-refractivity contribution in [3.8, 4) is 0 Å². The largest absolute Gasteiger partial charge is 0.383 e. The van der Waals surface area contributed by atoms with Crippen LogP contribution in [0.2, 0.25) is 0 Å². The molecular formula is C13H20N4OS. The third-order valence-corrected chi connectivity index (χ3v) is 4.58. The van der Waals surface area contributed by atoms with Crippen LogP contribution in [-0.4, -0.2) is 41.1 Å². The van der Waals surface area contributed by atoms with Crippen LogP contribution in [0.25, 0.3) is 0 Å². The average Bonchev–Trinajstić information content (AvgIpc) is 2.88. The molecule has 0 amide bonds. The molecule has 0 radical (unpaired) electrons. The number of fused-ring (bicyclic) bond motifs is 1. The predicted octanol–water partition coefficient (Wildman–Crippen LogP) is 1.59. The van der Waals surface area contributed by atoms with Crippen molar-refractivity contribution in [2.24, 2.45) is 0 Å². The van der Waals surface area contributed by atoms with Crippen molar-refractivity contribution < 1.29 is 4.74 Å². The minimum Gasteiger partial charge on any atom is -0.383 e. The van der Waals surface area contributed by atoms with Gasteiger partial charge in [-0.2, -0.15) is 11.8 Å². The summed E-state index contributed by atoms with van der Waals surface area (Å²) < 4.78 is 5.83. The van der Waals surface area contributed by atoms with E-state index in [2.05, 4.69) is 21.8 Å². The molecule has 0 aromatic carbocycles. The summed E-state index contributed by atoms with van der Waals surface area (Å²) in [6.07, 6.45) is 1.13. The molecule has 1 aromatic rings. The molecule has 0 spiro atoms. The number of rotatable bonds is 3. The van der Waals surface area contributed by atoms with E-state index in [1.165, 1.54) is 0 Å². The first-order valence-corrected chi connectivity index (χ1v) is 8.00. The van der Waals surface area contributed by atoms with Gasteiger partial charge in [0.05, 0.1) is 12.3 Å². The van der Waals surface area contributed by atoms with E-state index in [-0.39, 0.29) is 6.10 Å². The number of nitrogens with two attached hydrogens (primary N) is 1. The zero-order valence-electron chi connectivity index (χ0n) is 11.3. The Bertz CT molecular complexity index is 466. The number of aromatic nitrogens is 2. The van der Waals surface area contributed by atoms with Gasteiger partial charge in [-0.25, -0.2) is 9.97 Å². The lowest BCUT2D eigenvalue weighted by atomic mass is 10.2. The number of morpholine rings is 1. The highest BCUT2D eigenvalue weighted by atomic mass is 32.2. The van der Waals surface area contributed by atoms with Crippen molar-refractivity contribution in [1.82, 2.24) is 14.9 Å². The van der Waals surface area contributed by atoms with Crippen molar-refractivity contribution in [3.05, 3.63) is 17.1 Å². The summed E-state index contributed by atoms with van der Waals surface area (Å²) in [7, 11) is 0. The second kappa shape index (κ2) is 5.64. The van der Waals surface area contributed by atoms with Crippen molar-refractivity contribution in [2.75, 3.05) is 32.0 Å². The van der Waals surface area contributed by atoms with E-state index in [0.29, 0.717) is 5.82 Å². The molecule has 1 atom stereocenters. The Morgan fingerprint density at radius 1 is 1.42 bits per heavy atom. The molecule has 2 aliphatic rings. The third kappa shape index (κ3) is 2.70. The number of nitrogens with zero attached hydrogens (tertiary/aromatic N) is 3. The number of anilines is 1. The maximum Gasteiger partial charge on any atom is 0.161 e. The summed E-state index contributed by atoms with van der Waals surface area (Å²) >= 11 is 1.85. The molecule has 3 rings (SSSR count). The molecule has 6 heteroatoms. The summed E-state index contributed by atoms with van der Waals surface area (Å²) in [5, 5.41) is 0. The molecular weight excluding hydrogens is 260 g/mol. The van der Waals surface area contributed by atoms with Gasteiger partial charge >= 0.3 is 0 Å². The van der Waals surface area contributed by atoms with Crippen molar-refractivity contribution >= 4 is 17.6 Å². The highest BCUT2D eigenvalue weighted by Gasteiger charge is 2.26. The van der Waals surface area contributed by atoms with Gasteiger partial charge in [0, 0.05) is 30.2 Å². The Balaban J connectivity index is 1.80. The lowest BCUT2D eigenvalue weighted by Gasteiger charge is -2.32. The number of hydrogen-bond acceptors (Lipinski definition) is 6. The van der Waals surface area contributed by atoms with Crippen molar-refractivity contribution in [3.63, 3.8) is 0 Å². The summed E-state index contributed by atoms with van der Waals surface area (Å²) in [6, 6.07) is 0. The predicted molar refractivity (Wildman–Crippen MR) is 76.9 cm³/mol. The molecule has 3 heterocycles. The van der Waals surface area contributed by atoms with Gasteiger partial charge in [0.1, 0.15) is 11.9 Å². The maximum absolute atomic E-state index is 6.04. The summed E-state index contributed by atoms with van der Waals surface area (Å²) in [5.41, 5.74) is 8.26. The van der Waals surface area contributed by atoms with E-state index in [4.69, 9.17) is 10.5 Å². The van der Waals surface area contributed by atoms with Crippen LogP contribution >= 0.6 is 11.8 Å². The minimum absolute atomic E-state index is 0.0292. The minimum atomic E-state index is -0.0292. The van der Waals surface area contributed by atoms with Crippen LogP contribution in [0.15, 0.2) is 0 Å². The fourth-order valence-corrected chi connectivity index (χ4v) is 3.67. The monoisotopic (exact) mass is 280 g/mol. The standard InChI is InChI=1S/C13H20N4OS/c1-2-3-17-4-5-18-11(6-17)13-15-10-8-19-7-9(10)12(14)16-13/h11H,2-8H2,1H3,(H2,14,15,16).